The highest BCUT2D eigenvalue weighted by Crippen LogP contribution is 2.15. The van der Waals surface area contributed by atoms with E-state index in [0.717, 1.165) is 30.7 Å². The van der Waals surface area contributed by atoms with Crippen molar-refractivity contribution in [3.63, 3.8) is 0 Å². The summed E-state index contributed by atoms with van der Waals surface area (Å²) in [5.74, 6) is 0.824. The first-order chi connectivity index (χ1) is 10.8. The lowest BCUT2D eigenvalue weighted by Gasteiger charge is -2.24. The minimum Gasteiger partial charge on any atom is -0.497 e. The highest BCUT2D eigenvalue weighted by atomic mass is 16.6. The van der Waals surface area contributed by atoms with Gasteiger partial charge in [0.05, 0.1) is 7.11 Å². The standard InChI is InChI=1S/C18H30N2O3/c1-6-7-8-15(20-17(21)23-18(2,3)4)13-19-14-9-11-16(22-5)12-10-14/h9-12,15,19H,6-8,13H2,1-5H3,(H,20,21)/t15-/m0/s1. The first-order valence-corrected chi connectivity index (χ1v) is 8.21. The van der Waals surface area contributed by atoms with Crippen LogP contribution in [0.1, 0.15) is 47.0 Å². The van der Waals surface area contributed by atoms with Gasteiger partial charge in [0.15, 0.2) is 0 Å². The molecule has 5 nitrogen and oxygen atoms in total. The summed E-state index contributed by atoms with van der Waals surface area (Å²) in [7, 11) is 1.65. The van der Waals surface area contributed by atoms with Gasteiger partial charge in [-0.1, -0.05) is 19.8 Å². The molecule has 0 aliphatic heterocycles. The monoisotopic (exact) mass is 322 g/mol. The molecule has 5 heteroatoms. The van der Waals surface area contributed by atoms with Crippen LogP contribution in [0.5, 0.6) is 5.75 Å². The Labute approximate surface area is 139 Å². The van der Waals surface area contributed by atoms with Crippen molar-refractivity contribution in [3.05, 3.63) is 24.3 Å². The molecular formula is C18H30N2O3. The Bertz CT molecular complexity index is 466. The van der Waals surface area contributed by atoms with Crippen LogP contribution in [0.4, 0.5) is 10.5 Å². The van der Waals surface area contributed by atoms with Crippen molar-refractivity contribution in [1.29, 1.82) is 0 Å². The van der Waals surface area contributed by atoms with Gasteiger partial charge in [-0.15, -0.1) is 0 Å². The van der Waals surface area contributed by atoms with Gasteiger partial charge in [0, 0.05) is 18.3 Å². The van der Waals surface area contributed by atoms with E-state index >= 15 is 0 Å². The van der Waals surface area contributed by atoms with E-state index in [4.69, 9.17) is 9.47 Å². The Morgan fingerprint density at radius 1 is 1.22 bits per heavy atom. The van der Waals surface area contributed by atoms with E-state index in [1.165, 1.54) is 0 Å². The summed E-state index contributed by atoms with van der Waals surface area (Å²) < 4.78 is 10.5. The van der Waals surface area contributed by atoms with Gasteiger partial charge in [-0.3, -0.25) is 0 Å². The number of carbonyl (C=O) groups excluding carboxylic acids is 1. The molecule has 0 unspecified atom stereocenters. The highest BCUT2D eigenvalue weighted by Gasteiger charge is 2.19. The Balaban J connectivity index is 2.54. The first-order valence-electron chi connectivity index (χ1n) is 8.21. The average Bonchev–Trinajstić information content (AvgIpc) is 2.48. The molecule has 0 saturated carbocycles. The molecule has 1 amide bonds. The Morgan fingerprint density at radius 2 is 1.87 bits per heavy atom. The molecule has 0 bridgehead atoms. The zero-order valence-electron chi connectivity index (χ0n) is 14.9. The number of hydrogen-bond acceptors (Lipinski definition) is 4. The van der Waals surface area contributed by atoms with Crippen LogP contribution in [-0.2, 0) is 4.74 Å². The van der Waals surface area contributed by atoms with E-state index in [1.54, 1.807) is 7.11 Å². The molecule has 0 saturated heterocycles. The van der Waals surface area contributed by atoms with E-state index in [9.17, 15) is 4.79 Å². The molecule has 0 heterocycles. The zero-order chi connectivity index (χ0) is 17.3. The number of nitrogens with one attached hydrogen (secondary N) is 2. The summed E-state index contributed by atoms with van der Waals surface area (Å²) in [6.45, 7) is 8.39. The topological polar surface area (TPSA) is 59.6 Å². The Morgan fingerprint density at radius 3 is 2.39 bits per heavy atom. The van der Waals surface area contributed by atoms with E-state index in [1.807, 2.05) is 45.0 Å². The maximum atomic E-state index is 11.9. The van der Waals surface area contributed by atoms with Crippen molar-refractivity contribution in [2.45, 2.75) is 58.6 Å². The number of rotatable bonds is 8. The molecular weight excluding hydrogens is 292 g/mol. The Kier molecular flexibility index (Phi) is 7.72. The molecule has 0 radical (unpaired) electrons. The molecule has 23 heavy (non-hydrogen) atoms. The van der Waals surface area contributed by atoms with Crippen LogP contribution in [-0.4, -0.2) is 31.4 Å². The lowest BCUT2D eigenvalue weighted by atomic mass is 10.1. The third-order valence-corrected chi connectivity index (χ3v) is 3.27. The number of alkyl carbamates (subject to hydrolysis) is 1. The van der Waals surface area contributed by atoms with Crippen molar-refractivity contribution >= 4 is 11.8 Å². The predicted octanol–water partition coefficient (Wildman–Crippen LogP) is 4.19. The summed E-state index contributed by atoms with van der Waals surface area (Å²) in [6, 6.07) is 7.77. The molecule has 0 aliphatic rings. The second kappa shape index (κ2) is 9.28. The molecule has 130 valence electrons. The van der Waals surface area contributed by atoms with Gasteiger partial charge >= 0.3 is 6.09 Å². The number of hydrogen-bond donors (Lipinski definition) is 2. The van der Waals surface area contributed by atoms with Crippen LogP contribution in [0.3, 0.4) is 0 Å². The normalized spacial score (nSPS) is 12.4. The average molecular weight is 322 g/mol. The SMILES string of the molecule is CCCC[C@@H](CNc1ccc(OC)cc1)NC(=O)OC(C)(C)C. The quantitative estimate of drug-likeness (QED) is 0.753. The van der Waals surface area contributed by atoms with Crippen molar-refractivity contribution in [2.24, 2.45) is 0 Å². The number of benzene rings is 1. The summed E-state index contributed by atoms with van der Waals surface area (Å²) in [4.78, 5) is 11.9. The van der Waals surface area contributed by atoms with Crippen molar-refractivity contribution in [3.8, 4) is 5.75 Å². The molecule has 0 spiro atoms. The second-order valence-electron chi connectivity index (χ2n) is 6.59. The number of unbranched alkanes of at least 4 members (excludes halogenated alkanes) is 1. The first kappa shape index (κ1) is 19.1. The zero-order valence-corrected chi connectivity index (χ0v) is 14.9. The smallest absolute Gasteiger partial charge is 0.407 e. The summed E-state index contributed by atoms with van der Waals surface area (Å²) in [5, 5.41) is 6.30. The molecule has 0 aliphatic carbocycles. The predicted molar refractivity (Wildman–Crippen MR) is 94.2 cm³/mol. The second-order valence-corrected chi connectivity index (χ2v) is 6.59. The van der Waals surface area contributed by atoms with Crippen LogP contribution in [0.15, 0.2) is 24.3 Å². The fourth-order valence-electron chi connectivity index (χ4n) is 2.10. The molecule has 1 aromatic carbocycles. The van der Waals surface area contributed by atoms with Crippen LogP contribution < -0.4 is 15.4 Å². The molecule has 1 rings (SSSR count). The van der Waals surface area contributed by atoms with Gasteiger partial charge in [-0.25, -0.2) is 4.79 Å². The van der Waals surface area contributed by atoms with Gasteiger partial charge in [-0.05, 0) is 51.5 Å². The van der Waals surface area contributed by atoms with E-state index in [-0.39, 0.29) is 12.1 Å². The largest absolute Gasteiger partial charge is 0.497 e. The van der Waals surface area contributed by atoms with E-state index in [2.05, 4.69) is 17.6 Å². The number of carbonyl (C=O) groups is 1. The third-order valence-electron chi connectivity index (χ3n) is 3.27. The number of amides is 1. The minimum atomic E-state index is -0.483. The van der Waals surface area contributed by atoms with Crippen LogP contribution in [0.25, 0.3) is 0 Å². The van der Waals surface area contributed by atoms with E-state index in [0.29, 0.717) is 6.54 Å². The summed E-state index contributed by atoms with van der Waals surface area (Å²) in [6.07, 6.45) is 2.70. The number of methoxy groups -OCH3 is 1. The van der Waals surface area contributed by atoms with Gasteiger partial charge in [0.25, 0.3) is 0 Å². The molecule has 2 N–H and O–H groups in total. The fraction of sp³-hybridized carbons (Fsp3) is 0.611. The van der Waals surface area contributed by atoms with Crippen LogP contribution in [0.2, 0.25) is 0 Å². The maximum Gasteiger partial charge on any atom is 0.407 e. The third kappa shape index (κ3) is 8.33. The van der Waals surface area contributed by atoms with Crippen LogP contribution >= 0.6 is 0 Å². The molecule has 0 aromatic heterocycles. The van der Waals surface area contributed by atoms with Gasteiger partial charge in [0.2, 0.25) is 0 Å². The number of ether oxygens (including phenoxy) is 2. The van der Waals surface area contributed by atoms with E-state index < -0.39 is 5.60 Å². The van der Waals surface area contributed by atoms with Crippen molar-refractivity contribution in [2.75, 3.05) is 19.0 Å². The van der Waals surface area contributed by atoms with Crippen molar-refractivity contribution in [1.82, 2.24) is 5.32 Å². The lowest BCUT2D eigenvalue weighted by molar-refractivity contribution is 0.0504. The maximum absolute atomic E-state index is 11.9. The minimum absolute atomic E-state index is 0.0342. The van der Waals surface area contributed by atoms with Gasteiger partial charge in [-0.2, -0.15) is 0 Å². The lowest BCUT2D eigenvalue weighted by Crippen LogP contribution is -2.42. The van der Waals surface area contributed by atoms with Gasteiger partial charge in [0.1, 0.15) is 11.4 Å². The van der Waals surface area contributed by atoms with Crippen LogP contribution in [0, 0.1) is 0 Å². The van der Waals surface area contributed by atoms with Crippen molar-refractivity contribution < 1.29 is 14.3 Å². The highest BCUT2D eigenvalue weighted by molar-refractivity contribution is 5.68. The Hall–Kier alpha value is -1.91. The molecule has 1 atom stereocenters. The summed E-state index contributed by atoms with van der Waals surface area (Å²) >= 11 is 0. The number of anilines is 1. The van der Waals surface area contributed by atoms with Gasteiger partial charge < -0.3 is 20.1 Å². The summed E-state index contributed by atoms with van der Waals surface area (Å²) in [5.41, 5.74) is 0.515. The molecule has 1 aromatic rings. The molecule has 0 fully saturated rings. The fourth-order valence-corrected chi connectivity index (χ4v) is 2.10.